The first kappa shape index (κ1) is 15.3. The van der Waals surface area contributed by atoms with Crippen molar-refractivity contribution in [2.45, 2.75) is 65.0 Å². The number of carbonyl (C=O) groups excluding carboxylic acids is 1. The average molecular weight is 255 g/mol. The van der Waals surface area contributed by atoms with Crippen LogP contribution in [0.25, 0.3) is 0 Å². The largest absolute Gasteiger partial charge is 0.336 e. The molecule has 0 radical (unpaired) electrons. The average Bonchev–Trinajstić information content (AvgIpc) is 2.37. The van der Waals surface area contributed by atoms with Crippen LogP contribution in [0, 0.1) is 0 Å². The standard InChI is InChI=1S/C14H29N3O/c1-5-12(2)16-13(18)15-11-14(3,4)17-9-7-6-8-10-17/h12H,5-11H2,1-4H3,(H2,15,16,18). The summed E-state index contributed by atoms with van der Waals surface area (Å²) >= 11 is 0. The number of nitrogens with zero attached hydrogens (tertiary/aromatic N) is 1. The second kappa shape index (κ2) is 6.98. The molecule has 1 atom stereocenters. The predicted octanol–water partition coefficient (Wildman–Crippen LogP) is 2.35. The summed E-state index contributed by atoms with van der Waals surface area (Å²) in [6.07, 6.45) is 4.86. The summed E-state index contributed by atoms with van der Waals surface area (Å²) in [7, 11) is 0. The third-order valence-corrected chi connectivity index (χ3v) is 3.88. The number of hydrogen-bond donors (Lipinski definition) is 2. The molecule has 1 rings (SSSR count). The van der Waals surface area contributed by atoms with Gasteiger partial charge in [0.05, 0.1) is 0 Å². The fraction of sp³-hybridized carbons (Fsp3) is 0.929. The monoisotopic (exact) mass is 255 g/mol. The molecule has 4 heteroatoms. The van der Waals surface area contributed by atoms with E-state index in [1.54, 1.807) is 0 Å². The van der Waals surface area contributed by atoms with E-state index in [1.165, 1.54) is 19.3 Å². The van der Waals surface area contributed by atoms with Gasteiger partial charge in [0.2, 0.25) is 0 Å². The molecular formula is C14H29N3O. The quantitative estimate of drug-likeness (QED) is 0.792. The van der Waals surface area contributed by atoms with Gasteiger partial charge in [0, 0.05) is 18.1 Å². The van der Waals surface area contributed by atoms with Crippen LogP contribution < -0.4 is 10.6 Å². The Morgan fingerprint density at radius 3 is 2.44 bits per heavy atom. The summed E-state index contributed by atoms with van der Waals surface area (Å²) in [6.45, 7) is 11.5. The maximum atomic E-state index is 11.7. The fourth-order valence-corrected chi connectivity index (χ4v) is 2.28. The van der Waals surface area contributed by atoms with Crippen molar-refractivity contribution in [3.63, 3.8) is 0 Å². The Labute approximate surface area is 111 Å². The molecule has 1 aliphatic rings. The summed E-state index contributed by atoms with van der Waals surface area (Å²) in [4.78, 5) is 14.2. The molecule has 1 fully saturated rings. The Balaban J connectivity index is 2.33. The molecule has 0 aliphatic carbocycles. The molecule has 106 valence electrons. The van der Waals surface area contributed by atoms with Crippen molar-refractivity contribution in [1.29, 1.82) is 0 Å². The van der Waals surface area contributed by atoms with Crippen molar-refractivity contribution in [3.05, 3.63) is 0 Å². The van der Waals surface area contributed by atoms with Crippen molar-refractivity contribution >= 4 is 6.03 Å². The zero-order valence-electron chi connectivity index (χ0n) is 12.4. The fourth-order valence-electron chi connectivity index (χ4n) is 2.28. The highest BCUT2D eigenvalue weighted by atomic mass is 16.2. The highest BCUT2D eigenvalue weighted by Gasteiger charge is 2.28. The lowest BCUT2D eigenvalue weighted by Gasteiger charge is -2.41. The van der Waals surface area contributed by atoms with Gasteiger partial charge in [0.25, 0.3) is 0 Å². The Hall–Kier alpha value is -0.770. The van der Waals surface area contributed by atoms with Crippen LogP contribution in [0.1, 0.15) is 53.4 Å². The number of nitrogens with one attached hydrogen (secondary N) is 2. The van der Waals surface area contributed by atoms with Crippen LogP contribution in [-0.4, -0.2) is 42.1 Å². The maximum Gasteiger partial charge on any atom is 0.315 e. The second-order valence-electron chi connectivity index (χ2n) is 6.00. The third kappa shape index (κ3) is 4.84. The van der Waals surface area contributed by atoms with E-state index in [2.05, 4.69) is 36.3 Å². The van der Waals surface area contributed by atoms with Crippen molar-refractivity contribution in [3.8, 4) is 0 Å². The van der Waals surface area contributed by atoms with Gasteiger partial charge in [-0.15, -0.1) is 0 Å². The molecule has 1 aliphatic heterocycles. The Kier molecular flexibility index (Phi) is 5.93. The third-order valence-electron chi connectivity index (χ3n) is 3.88. The van der Waals surface area contributed by atoms with Gasteiger partial charge in [0.15, 0.2) is 0 Å². The summed E-state index contributed by atoms with van der Waals surface area (Å²) in [5.74, 6) is 0. The number of piperidine rings is 1. The molecule has 0 spiro atoms. The summed E-state index contributed by atoms with van der Waals surface area (Å²) in [5, 5.41) is 5.93. The molecule has 1 unspecified atom stereocenters. The minimum Gasteiger partial charge on any atom is -0.336 e. The summed E-state index contributed by atoms with van der Waals surface area (Å²) in [6, 6.07) is 0.192. The minimum atomic E-state index is -0.0468. The van der Waals surface area contributed by atoms with Gasteiger partial charge in [-0.05, 0) is 53.1 Å². The van der Waals surface area contributed by atoms with Gasteiger partial charge in [-0.3, -0.25) is 4.90 Å². The van der Waals surface area contributed by atoms with E-state index in [4.69, 9.17) is 0 Å². The highest BCUT2D eigenvalue weighted by molar-refractivity contribution is 5.74. The van der Waals surface area contributed by atoms with Crippen molar-refractivity contribution in [1.82, 2.24) is 15.5 Å². The van der Waals surface area contributed by atoms with Crippen molar-refractivity contribution in [2.24, 2.45) is 0 Å². The van der Waals surface area contributed by atoms with E-state index in [0.717, 1.165) is 19.5 Å². The number of rotatable bonds is 5. The second-order valence-corrected chi connectivity index (χ2v) is 6.00. The van der Waals surface area contributed by atoms with Gasteiger partial charge in [-0.1, -0.05) is 13.3 Å². The molecule has 0 aromatic rings. The van der Waals surface area contributed by atoms with Gasteiger partial charge >= 0.3 is 6.03 Å². The van der Waals surface area contributed by atoms with Gasteiger partial charge < -0.3 is 10.6 Å². The number of urea groups is 1. The van der Waals surface area contributed by atoms with Gasteiger partial charge in [-0.25, -0.2) is 4.79 Å². The lowest BCUT2D eigenvalue weighted by molar-refractivity contribution is 0.0959. The molecule has 4 nitrogen and oxygen atoms in total. The van der Waals surface area contributed by atoms with E-state index in [1.807, 2.05) is 6.92 Å². The van der Waals surface area contributed by atoms with Crippen LogP contribution >= 0.6 is 0 Å². The molecule has 0 aromatic heterocycles. The predicted molar refractivity (Wildman–Crippen MR) is 75.8 cm³/mol. The number of amides is 2. The van der Waals surface area contributed by atoms with Crippen LogP contribution in [0.2, 0.25) is 0 Å². The molecule has 1 heterocycles. The Bertz CT molecular complexity index is 260. The van der Waals surface area contributed by atoms with Gasteiger partial charge in [0.1, 0.15) is 0 Å². The molecule has 0 saturated carbocycles. The topological polar surface area (TPSA) is 44.4 Å². The molecule has 0 aromatic carbocycles. The number of carbonyl (C=O) groups is 1. The zero-order chi connectivity index (χ0) is 13.6. The van der Waals surface area contributed by atoms with Crippen LogP contribution in [0.5, 0.6) is 0 Å². The first-order valence-corrected chi connectivity index (χ1v) is 7.25. The van der Waals surface area contributed by atoms with Crippen LogP contribution in [-0.2, 0) is 0 Å². The number of likely N-dealkylation sites (tertiary alicyclic amines) is 1. The van der Waals surface area contributed by atoms with E-state index < -0.39 is 0 Å². The zero-order valence-corrected chi connectivity index (χ0v) is 12.4. The lowest BCUT2D eigenvalue weighted by Crippen LogP contribution is -2.55. The maximum absolute atomic E-state index is 11.7. The van der Waals surface area contributed by atoms with E-state index in [0.29, 0.717) is 6.54 Å². The first-order chi connectivity index (χ1) is 8.45. The molecule has 2 N–H and O–H groups in total. The normalized spacial score (nSPS) is 19.3. The SMILES string of the molecule is CCC(C)NC(=O)NCC(C)(C)N1CCCCC1. The number of hydrogen-bond acceptors (Lipinski definition) is 2. The smallest absolute Gasteiger partial charge is 0.315 e. The summed E-state index contributed by atoms with van der Waals surface area (Å²) in [5.41, 5.74) is 0.0488. The lowest BCUT2D eigenvalue weighted by atomic mass is 9.98. The van der Waals surface area contributed by atoms with E-state index >= 15 is 0 Å². The molecular weight excluding hydrogens is 226 g/mol. The first-order valence-electron chi connectivity index (χ1n) is 7.25. The van der Waals surface area contributed by atoms with Crippen LogP contribution in [0.15, 0.2) is 0 Å². The van der Waals surface area contributed by atoms with E-state index in [9.17, 15) is 4.79 Å². The van der Waals surface area contributed by atoms with Crippen LogP contribution in [0.4, 0.5) is 4.79 Å². The van der Waals surface area contributed by atoms with Gasteiger partial charge in [-0.2, -0.15) is 0 Å². The summed E-state index contributed by atoms with van der Waals surface area (Å²) < 4.78 is 0. The van der Waals surface area contributed by atoms with Crippen molar-refractivity contribution in [2.75, 3.05) is 19.6 Å². The Morgan fingerprint density at radius 2 is 1.89 bits per heavy atom. The van der Waals surface area contributed by atoms with E-state index in [-0.39, 0.29) is 17.6 Å². The molecule has 18 heavy (non-hydrogen) atoms. The van der Waals surface area contributed by atoms with Crippen LogP contribution in [0.3, 0.4) is 0 Å². The Morgan fingerprint density at radius 1 is 1.28 bits per heavy atom. The van der Waals surface area contributed by atoms with Crippen molar-refractivity contribution < 1.29 is 4.79 Å². The molecule has 0 bridgehead atoms. The molecule has 2 amide bonds. The highest BCUT2D eigenvalue weighted by Crippen LogP contribution is 2.19. The minimum absolute atomic E-state index is 0.0468. The molecule has 1 saturated heterocycles.